The monoisotopic (exact) mass is 349 g/mol. The molecule has 1 saturated heterocycles. The minimum absolute atomic E-state index is 0.00386. The number of aromatic nitrogens is 5. The summed E-state index contributed by atoms with van der Waals surface area (Å²) in [4.78, 5) is 21.7. The smallest absolute Gasteiger partial charge is 0.252 e. The number of amides is 1. The van der Waals surface area contributed by atoms with Crippen LogP contribution in [0.25, 0.3) is 0 Å². The zero-order valence-electron chi connectivity index (χ0n) is 14.2. The maximum Gasteiger partial charge on any atom is 0.252 e. The van der Waals surface area contributed by atoms with E-state index in [2.05, 4.69) is 25.4 Å². The van der Waals surface area contributed by atoms with Gasteiger partial charge in [-0.2, -0.15) is 0 Å². The number of hydrogen-bond donors (Lipinski definition) is 0. The Morgan fingerprint density at radius 1 is 0.962 bits per heavy atom. The van der Waals surface area contributed by atoms with Gasteiger partial charge in [0.05, 0.1) is 0 Å². The molecule has 3 aromatic rings. The van der Waals surface area contributed by atoms with E-state index in [1.54, 1.807) is 6.20 Å². The number of tetrazole rings is 1. The van der Waals surface area contributed by atoms with Crippen LogP contribution >= 0.6 is 0 Å². The summed E-state index contributed by atoms with van der Waals surface area (Å²) in [5.74, 6) is 0.948. The van der Waals surface area contributed by atoms with Gasteiger partial charge >= 0.3 is 0 Å². The van der Waals surface area contributed by atoms with Crippen LogP contribution in [0.15, 0.2) is 61.1 Å². The number of rotatable bonds is 4. The van der Waals surface area contributed by atoms with Crippen molar-refractivity contribution in [3.05, 3.63) is 66.6 Å². The number of benzene rings is 1. The van der Waals surface area contributed by atoms with Crippen LogP contribution in [0, 0.1) is 0 Å². The maximum atomic E-state index is 13.2. The standard InChI is InChI=1S/C18H19N7O/c26-18(17(25-14-20-21-22-25)15-6-2-1-3-7-15)24-12-10-23(11-13-24)16-8-4-5-9-19-16/h1-9,14,17H,10-13H2/t17-/m1/s1. The average molecular weight is 349 g/mol. The minimum Gasteiger partial charge on any atom is -0.353 e. The molecule has 0 unspecified atom stereocenters. The zero-order chi connectivity index (χ0) is 17.8. The van der Waals surface area contributed by atoms with Crippen LogP contribution in [0.2, 0.25) is 0 Å². The van der Waals surface area contributed by atoms with Crippen molar-refractivity contribution in [1.82, 2.24) is 30.1 Å². The first kappa shape index (κ1) is 16.2. The summed E-state index contributed by atoms with van der Waals surface area (Å²) in [6.45, 7) is 2.78. The molecule has 3 heterocycles. The van der Waals surface area contributed by atoms with Gasteiger partial charge < -0.3 is 9.80 Å². The van der Waals surface area contributed by atoms with E-state index >= 15 is 0 Å². The summed E-state index contributed by atoms with van der Waals surface area (Å²) in [5.41, 5.74) is 0.872. The van der Waals surface area contributed by atoms with Gasteiger partial charge in [-0.3, -0.25) is 4.79 Å². The summed E-state index contributed by atoms with van der Waals surface area (Å²) < 4.78 is 1.52. The lowest BCUT2D eigenvalue weighted by Gasteiger charge is -2.36. The Morgan fingerprint density at radius 2 is 1.73 bits per heavy atom. The van der Waals surface area contributed by atoms with Gasteiger partial charge in [0.2, 0.25) is 0 Å². The fraction of sp³-hybridized carbons (Fsp3) is 0.278. The Kier molecular flexibility index (Phi) is 4.55. The molecule has 0 saturated carbocycles. The largest absolute Gasteiger partial charge is 0.353 e. The van der Waals surface area contributed by atoms with Crippen molar-refractivity contribution in [2.45, 2.75) is 6.04 Å². The number of piperazine rings is 1. The number of carbonyl (C=O) groups is 1. The second-order valence-corrected chi connectivity index (χ2v) is 6.10. The van der Waals surface area contributed by atoms with Crippen molar-refractivity contribution >= 4 is 11.7 Å². The Morgan fingerprint density at radius 3 is 2.38 bits per heavy atom. The van der Waals surface area contributed by atoms with E-state index in [1.165, 1.54) is 11.0 Å². The molecule has 0 spiro atoms. The van der Waals surface area contributed by atoms with Crippen LogP contribution in [0.3, 0.4) is 0 Å². The van der Waals surface area contributed by atoms with Gasteiger partial charge in [-0.25, -0.2) is 9.67 Å². The molecule has 0 aliphatic carbocycles. The topological polar surface area (TPSA) is 80.0 Å². The molecule has 1 aliphatic heterocycles. The zero-order valence-corrected chi connectivity index (χ0v) is 14.2. The Bertz CT molecular complexity index is 831. The lowest BCUT2D eigenvalue weighted by Crippen LogP contribution is -2.51. The van der Waals surface area contributed by atoms with Crippen LogP contribution in [0.1, 0.15) is 11.6 Å². The summed E-state index contributed by atoms with van der Waals surface area (Å²) in [6, 6.07) is 14.9. The molecule has 1 aliphatic rings. The highest BCUT2D eigenvalue weighted by molar-refractivity contribution is 5.83. The fourth-order valence-electron chi connectivity index (χ4n) is 3.20. The predicted molar refractivity (Wildman–Crippen MR) is 95.4 cm³/mol. The molecule has 8 nitrogen and oxygen atoms in total. The van der Waals surface area contributed by atoms with Gasteiger partial charge in [0.1, 0.15) is 12.1 Å². The lowest BCUT2D eigenvalue weighted by atomic mass is 10.1. The van der Waals surface area contributed by atoms with Crippen molar-refractivity contribution in [3.8, 4) is 0 Å². The molecule has 1 amide bonds. The lowest BCUT2D eigenvalue weighted by molar-refractivity contribution is -0.134. The van der Waals surface area contributed by atoms with E-state index in [4.69, 9.17) is 0 Å². The van der Waals surface area contributed by atoms with Crippen LogP contribution in [0.5, 0.6) is 0 Å². The molecule has 26 heavy (non-hydrogen) atoms. The van der Waals surface area contributed by atoms with Crippen LogP contribution in [0.4, 0.5) is 5.82 Å². The highest BCUT2D eigenvalue weighted by Gasteiger charge is 2.31. The van der Waals surface area contributed by atoms with E-state index in [1.807, 2.05) is 53.4 Å². The van der Waals surface area contributed by atoms with Gasteiger partial charge in [0.15, 0.2) is 6.04 Å². The summed E-state index contributed by atoms with van der Waals surface area (Å²) >= 11 is 0. The molecule has 4 rings (SSSR count). The first-order valence-corrected chi connectivity index (χ1v) is 8.55. The molecule has 132 valence electrons. The first-order chi connectivity index (χ1) is 12.8. The Hall–Kier alpha value is -3.29. The highest BCUT2D eigenvalue weighted by Crippen LogP contribution is 2.21. The predicted octanol–water partition coefficient (Wildman–Crippen LogP) is 1.01. The summed E-state index contributed by atoms with van der Waals surface area (Å²) in [5, 5.41) is 11.3. The normalized spacial score (nSPS) is 15.7. The summed E-state index contributed by atoms with van der Waals surface area (Å²) in [6.07, 6.45) is 3.27. The number of hydrogen-bond acceptors (Lipinski definition) is 6. The molecular weight excluding hydrogens is 330 g/mol. The molecule has 0 bridgehead atoms. The van der Waals surface area contributed by atoms with Gasteiger partial charge in [0.25, 0.3) is 5.91 Å². The van der Waals surface area contributed by atoms with E-state index in [0.29, 0.717) is 13.1 Å². The number of anilines is 1. The molecule has 2 aromatic heterocycles. The van der Waals surface area contributed by atoms with Crippen molar-refractivity contribution in [2.75, 3.05) is 31.1 Å². The van der Waals surface area contributed by atoms with E-state index in [9.17, 15) is 4.79 Å². The maximum absolute atomic E-state index is 13.2. The Balaban J connectivity index is 1.51. The van der Waals surface area contributed by atoms with E-state index in [0.717, 1.165) is 24.5 Å². The van der Waals surface area contributed by atoms with Gasteiger partial charge in [-0.1, -0.05) is 36.4 Å². The molecule has 0 N–H and O–H groups in total. The number of carbonyl (C=O) groups excluding carboxylic acids is 1. The molecule has 1 fully saturated rings. The quantitative estimate of drug-likeness (QED) is 0.699. The van der Waals surface area contributed by atoms with Crippen molar-refractivity contribution < 1.29 is 4.79 Å². The molecule has 0 radical (unpaired) electrons. The highest BCUT2D eigenvalue weighted by atomic mass is 16.2. The molecule has 1 aromatic carbocycles. The average Bonchev–Trinajstić information content (AvgIpc) is 3.24. The van der Waals surface area contributed by atoms with Gasteiger partial charge in [-0.05, 0) is 28.1 Å². The SMILES string of the molecule is O=C([C@@H](c1ccccc1)n1cnnn1)N1CCN(c2ccccn2)CC1. The Labute approximate surface area is 151 Å². The molecular formula is C18H19N7O. The number of pyridine rings is 1. The minimum atomic E-state index is -0.549. The third kappa shape index (κ3) is 3.26. The van der Waals surface area contributed by atoms with Crippen molar-refractivity contribution in [2.24, 2.45) is 0 Å². The van der Waals surface area contributed by atoms with Crippen LogP contribution in [-0.4, -0.2) is 62.2 Å². The number of nitrogens with zero attached hydrogens (tertiary/aromatic N) is 7. The fourth-order valence-corrected chi connectivity index (χ4v) is 3.20. The van der Waals surface area contributed by atoms with Crippen LogP contribution in [-0.2, 0) is 4.79 Å². The third-order valence-corrected chi connectivity index (χ3v) is 4.54. The van der Waals surface area contributed by atoms with Gasteiger partial charge in [-0.15, -0.1) is 5.10 Å². The second-order valence-electron chi connectivity index (χ2n) is 6.10. The first-order valence-electron chi connectivity index (χ1n) is 8.55. The third-order valence-electron chi connectivity index (χ3n) is 4.54. The second kappa shape index (κ2) is 7.30. The summed E-state index contributed by atoms with van der Waals surface area (Å²) in [7, 11) is 0. The van der Waals surface area contributed by atoms with Gasteiger partial charge in [0, 0.05) is 32.4 Å². The molecule has 8 heteroatoms. The van der Waals surface area contributed by atoms with E-state index in [-0.39, 0.29) is 5.91 Å². The van der Waals surface area contributed by atoms with Crippen molar-refractivity contribution in [1.29, 1.82) is 0 Å². The molecule has 1 atom stereocenters. The van der Waals surface area contributed by atoms with Crippen LogP contribution < -0.4 is 4.90 Å². The van der Waals surface area contributed by atoms with E-state index < -0.39 is 6.04 Å². The van der Waals surface area contributed by atoms with Crippen molar-refractivity contribution in [3.63, 3.8) is 0 Å².